The van der Waals surface area contributed by atoms with Crippen LogP contribution in [0.25, 0.3) is 6.08 Å². The summed E-state index contributed by atoms with van der Waals surface area (Å²) in [5.41, 5.74) is 0.613. The average molecular weight is 432 g/mol. The number of likely N-dealkylation sites (tertiary alicyclic amines) is 1. The summed E-state index contributed by atoms with van der Waals surface area (Å²) in [5, 5.41) is -0.460. The average Bonchev–Trinajstić information content (AvgIpc) is 2.98. The van der Waals surface area contributed by atoms with Crippen LogP contribution in [0.4, 0.5) is 4.79 Å². The van der Waals surface area contributed by atoms with Gasteiger partial charge in [-0.25, -0.2) is 0 Å². The van der Waals surface area contributed by atoms with Gasteiger partial charge >= 0.3 is 5.97 Å². The number of carbonyl (C=O) groups is 4. The molecule has 2 aliphatic heterocycles. The summed E-state index contributed by atoms with van der Waals surface area (Å²) in [5.74, 6) is -0.522. The third-order valence-electron chi connectivity index (χ3n) is 4.69. The number of hydrogen-bond donors (Lipinski definition) is 0. The largest absolute Gasteiger partial charge is 0.490 e. The molecule has 8 nitrogen and oxygen atoms in total. The lowest BCUT2D eigenvalue weighted by atomic mass is 10.1. The first-order valence-corrected chi connectivity index (χ1v) is 10.7. The monoisotopic (exact) mass is 432 g/mol. The van der Waals surface area contributed by atoms with Crippen LogP contribution in [-0.2, 0) is 14.4 Å². The van der Waals surface area contributed by atoms with E-state index in [4.69, 9.17) is 9.47 Å². The van der Waals surface area contributed by atoms with Crippen molar-refractivity contribution >= 4 is 40.9 Å². The van der Waals surface area contributed by atoms with Gasteiger partial charge in [-0.15, -0.1) is 0 Å². The van der Waals surface area contributed by atoms with E-state index in [1.165, 1.54) is 6.92 Å². The number of hydrogen-bond acceptors (Lipinski definition) is 7. The molecule has 0 saturated carbocycles. The van der Waals surface area contributed by atoms with Crippen molar-refractivity contribution in [2.75, 3.05) is 26.2 Å². The number of thioether (sulfide) groups is 1. The number of carbonyl (C=O) groups excluding carboxylic acids is 4. The van der Waals surface area contributed by atoms with Crippen LogP contribution in [-0.4, -0.2) is 59.1 Å². The summed E-state index contributed by atoms with van der Waals surface area (Å²) in [6, 6.07) is 4.87. The minimum Gasteiger partial charge on any atom is -0.490 e. The lowest BCUT2D eigenvalue weighted by Crippen LogP contribution is -2.44. The van der Waals surface area contributed by atoms with E-state index in [9.17, 15) is 19.2 Å². The van der Waals surface area contributed by atoms with Crippen LogP contribution in [0.5, 0.6) is 11.5 Å². The summed E-state index contributed by atoms with van der Waals surface area (Å²) in [7, 11) is 0. The van der Waals surface area contributed by atoms with Gasteiger partial charge in [0.15, 0.2) is 11.5 Å². The van der Waals surface area contributed by atoms with Gasteiger partial charge in [-0.05, 0) is 61.7 Å². The highest BCUT2D eigenvalue weighted by molar-refractivity contribution is 8.18. The number of imide groups is 1. The van der Waals surface area contributed by atoms with Crippen molar-refractivity contribution in [3.05, 3.63) is 28.7 Å². The smallest absolute Gasteiger partial charge is 0.308 e. The Morgan fingerprint density at radius 1 is 1.13 bits per heavy atom. The Morgan fingerprint density at radius 3 is 2.53 bits per heavy atom. The molecule has 1 aromatic carbocycles. The van der Waals surface area contributed by atoms with E-state index in [0.717, 1.165) is 35.9 Å². The maximum atomic E-state index is 12.7. The van der Waals surface area contributed by atoms with Crippen LogP contribution >= 0.6 is 11.8 Å². The normalized spacial score (nSPS) is 18.1. The molecule has 0 aromatic heterocycles. The van der Waals surface area contributed by atoms with Crippen LogP contribution in [0.15, 0.2) is 23.1 Å². The fourth-order valence-electron chi connectivity index (χ4n) is 3.29. The predicted molar refractivity (Wildman–Crippen MR) is 112 cm³/mol. The van der Waals surface area contributed by atoms with Crippen LogP contribution in [0.1, 0.15) is 38.7 Å². The van der Waals surface area contributed by atoms with Crippen molar-refractivity contribution in [2.24, 2.45) is 0 Å². The second-order valence-electron chi connectivity index (χ2n) is 6.94. The summed E-state index contributed by atoms with van der Waals surface area (Å²) in [6.07, 6.45) is 4.54. The molecule has 0 aliphatic carbocycles. The Kier molecular flexibility index (Phi) is 7.15. The molecule has 0 unspecified atom stereocenters. The number of piperidine rings is 1. The molecular formula is C21H24N2O6S. The number of benzene rings is 1. The molecule has 3 rings (SSSR count). The zero-order chi connectivity index (χ0) is 21.7. The van der Waals surface area contributed by atoms with E-state index >= 15 is 0 Å². The predicted octanol–water partition coefficient (Wildman–Crippen LogP) is 3.06. The van der Waals surface area contributed by atoms with Crippen LogP contribution < -0.4 is 9.47 Å². The summed E-state index contributed by atoms with van der Waals surface area (Å²) in [6.45, 7) is 4.56. The van der Waals surface area contributed by atoms with Crippen LogP contribution in [0.3, 0.4) is 0 Å². The lowest BCUT2D eigenvalue weighted by Gasteiger charge is -2.27. The van der Waals surface area contributed by atoms with Crippen molar-refractivity contribution in [3.63, 3.8) is 0 Å². The fraction of sp³-hybridized carbons (Fsp3) is 0.429. The molecule has 0 bridgehead atoms. The van der Waals surface area contributed by atoms with Crippen molar-refractivity contribution in [3.8, 4) is 11.5 Å². The van der Waals surface area contributed by atoms with Gasteiger partial charge in [-0.2, -0.15) is 0 Å². The van der Waals surface area contributed by atoms with Crippen LogP contribution in [0, 0.1) is 0 Å². The third kappa shape index (κ3) is 5.21. The molecule has 1 aromatic rings. The zero-order valence-electron chi connectivity index (χ0n) is 17.0. The summed E-state index contributed by atoms with van der Waals surface area (Å²) >= 11 is 0.801. The zero-order valence-corrected chi connectivity index (χ0v) is 17.8. The molecule has 0 N–H and O–H groups in total. The number of amides is 3. The Balaban J connectivity index is 1.75. The molecule has 0 radical (unpaired) electrons. The van der Waals surface area contributed by atoms with E-state index < -0.39 is 17.1 Å². The quantitative estimate of drug-likeness (QED) is 0.387. The first-order valence-electron chi connectivity index (χ1n) is 9.87. The minimum atomic E-state index is -0.489. The number of ether oxygens (including phenoxy) is 2. The van der Waals surface area contributed by atoms with Gasteiger partial charge in [-0.1, -0.05) is 6.07 Å². The lowest BCUT2D eigenvalue weighted by molar-refractivity contribution is -0.136. The van der Waals surface area contributed by atoms with Crippen molar-refractivity contribution in [1.29, 1.82) is 0 Å². The summed E-state index contributed by atoms with van der Waals surface area (Å²) < 4.78 is 10.6. The Hall–Kier alpha value is -2.81. The van der Waals surface area contributed by atoms with Gasteiger partial charge in [0.2, 0.25) is 5.91 Å². The SMILES string of the molecule is CCOc1cc(/C=C2\SC(=O)N(CC(=O)N3CCCCC3)C2=O)ccc1OC(C)=O. The van der Waals surface area contributed by atoms with E-state index in [1.807, 2.05) is 0 Å². The molecular weight excluding hydrogens is 408 g/mol. The van der Waals surface area contributed by atoms with Gasteiger partial charge in [0, 0.05) is 20.0 Å². The van der Waals surface area contributed by atoms with Crippen LogP contribution in [0.2, 0.25) is 0 Å². The van der Waals surface area contributed by atoms with Gasteiger partial charge in [-0.3, -0.25) is 24.1 Å². The molecule has 2 aliphatic rings. The first-order chi connectivity index (χ1) is 14.4. The van der Waals surface area contributed by atoms with E-state index in [1.54, 1.807) is 36.1 Å². The number of rotatable bonds is 6. The highest BCUT2D eigenvalue weighted by Gasteiger charge is 2.37. The molecule has 0 spiro atoms. The molecule has 3 amide bonds. The Labute approximate surface area is 179 Å². The number of nitrogens with zero attached hydrogens (tertiary/aromatic N) is 2. The molecule has 30 heavy (non-hydrogen) atoms. The van der Waals surface area contributed by atoms with Crippen molar-refractivity contribution < 1.29 is 28.7 Å². The Morgan fingerprint density at radius 2 is 1.87 bits per heavy atom. The standard InChI is InChI=1S/C21H24N2O6S/c1-3-28-17-11-15(7-8-16(17)29-14(2)24)12-18-20(26)23(21(27)30-18)13-19(25)22-9-5-4-6-10-22/h7-8,11-12H,3-6,9-10,13H2,1-2H3/b18-12-. The van der Waals surface area contributed by atoms with Crippen molar-refractivity contribution in [2.45, 2.75) is 33.1 Å². The molecule has 2 heterocycles. The number of esters is 1. The van der Waals surface area contributed by atoms with Crippen molar-refractivity contribution in [1.82, 2.24) is 9.80 Å². The Bertz CT molecular complexity index is 891. The second-order valence-corrected chi connectivity index (χ2v) is 7.94. The van der Waals surface area contributed by atoms with E-state index in [-0.39, 0.29) is 23.1 Å². The van der Waals surface area contributed by atoms with Gasteiger partial charge < -0.3 is 14.4 Å². The third-order valence-corrected chi connectivity index (χ3v) is 5.60. The van der Waals surface area contributed by atoms with Gasteiger partial charge in [0.1, 0.15) is 6.54 Å². The fourth-order valence-corrected chi connectivity index (χ4v) is 4.13. The minimum absolute atomic E-state index is 0.206. The molecule has 2 saturated heterocycles. The topological polar surface area (TPSA) is 93.2 Å². The van der Waals surface area contributed by atoms with Gasteiger partial charge in [0.05, 0.1) is 11.5 Å². The van der Waals surface area contributed by atoms with E-state index in [0.29, 0.717) is 31.0 Å². The molecule has 2 fully saturated rings. The van der Waals surface area contributed by atoms with Gasteiger partial charge in [0.25, 0.3) is 11.1 Å². The maximum Gasteiger partial charge on any atom is 0.308 e. The van der Waals surface area contributed by atoms with E-state index in [2.05, 4.69) is 0 Å². The molecule has 9 heteroatoms. The second kappa shape index (κ2) is 9.80. The molecule has 160 valence electrons. The summed E-state index contributed by atoms with van der Waals surface area (Å²) in [4.78, 5) is 51.6. The molecule has 0 atom stereocenters. The highest BCUT2D eigenvalue weighted by atomic mass is 32.2. The highest BCUT2D eigenvalue weighted by Crippen LogP contribution is 2.34. The first kappa shape index (κ1) is 21.9. The maximum absolute atomic E-state index is 12.7.